The van der Waals surface area contributed by atoms with E-state index in [2.05, 4.69) is 23.0 Å². The van der Waals surface area contributed by atoms with E-state index in [1.54, 1.807) is 11.3 Å². The molecule has 4 nitrogen and oxygen atoms in total. The summed E-state index contributed by atoms with van der Waals surface area (Å²) in [6, 6.07) is 9.84. The van der Waals surface area contributed by atoms with Crippen LogP contribution in [0, 0.1) is 18.3 Å². The van der Waals surface area contributed by atoms with Gasteiger partial charge in [-0.2, -0.15) is 5.26 Å². The molecule has 110 valence electrons. The fourth-order valence-electron chi connectivity index (χ4n) is 1.92. The minimum Gasteiger partial charge on any atom is -0.492 e. The predicted molar refractivity (Wildman–Crippen MR) is 84.4 cm³/mol. The Morgan fingerprint density at radius 3 is 2.71 bits per heavy atom. The summed E-state index contributed by atoms with van der Waals surface area (Å²) in [5.41, 5.74) is 4.01. The molecule has 0 fully saturated rings. The number of ether oxygens (including phenoxy) is 1. The van der Waals surface area contributed by atoms with Crippen molar-refractivity contribution in [3.8, 4) is 11.8 Å². The zero-order valence-electron chi connectivity index (χ0n) is 12.4. The number of rotatable bonds is 7. The summed E-state index contributed by atoms with van der Waals surface area (Å²) in [5, 5.41) is 8.63. The van der Waals surface area contributed by atoms with Gasteiger partial charge in [0.25, 0.3) is 0 Å². The Balaban J connectivity index is 1.73. The molecule has 5 heteroatoms. The molecule has 0 saturated heterocycles. The second kappa shape index (κ2) is 7.77. The molecule has 1 heterocycles. The third-order valence-electron chi connectivity index (χ3n) is 3.21. The average molecular weight is 301 g/mol. The number of aryl methyl sites for hydroxylation is 1. The molecule has 0 amide bonds. The highest BCUT2D eigenvalue weighted by Crippen LogP contribution is 2.15. The normalized spacial score (nSPS) is 10.6. The third-order valence-corrected chi connectivity index (χ3v) is 4.13. The highest BCUT2D eigenvalue weighted by atomic mass is 32.1. The van der Waals surface area contributed by atoms with Crippen molar-refractivity contribution in [2.75, 3.05) is 20.2 Å². The molecule has 0 atom stereocenters. The summed E-state index contributed by atoms with van der Waals surface area (Å²) in [6.45, 7) is 4.45. The highest BCUT2D eigenvalue weighted by molar-refractivity contribution is 7.09. The minimum absolute atomic E-state index is 0.442. The van der Waals surface area contributed by atoms with Crippen LogP contribution in [0.5, 0.6) is 5.75 Å². The molecule has 2 rings (SSSR count). The van der Waals surface area contributed by atoms with Crippen LogP contribution in [0.15, 0.2) is 29.8 Å². The Labute approximate surface area is 129 Å². The monoisotopic (exact) mass is 301 g/mol. The smallest absolute Gasteiger partial charge is 0.119 e. The van der Waals surface area contributed by atoms with E-state index in [9.17, 15) is 0 Å². The lowest BCUT2D eigenvalue weighted by Gasteiger charge is -2.16. The largest absolute Gasteiger partial charge is 0.492 e. The van der Waals surface area contributed by atoms with Crippen molar-refractivity contribution >= 4 is 11.3 Å². The van der Waals surface area contributed by atoms with Gasteiger partial charge in [-0.1, -0.05) is 12.1 Å². The van der Waals surface area contributed by atoms with Crippen LogP contribution in [0.1, 0.15) is 16.1 Å². The van der Waals surface area contributed by atoms with Crippen LogP contribution in [0.3, 0.4) is 0 Å². The van der Waals surface area contributed by atoms with E-state index in [1.165, 1.54) is 4.88 Å². The van der Waals surface area contributed by atoms with Crippen molar-refractivity contribution in [1.82, 2.24) is 9.88 Å². The second-order valence-electron chi connectivity index (χ2n) is 4.93. The Kier molecular flexibility index (Phi) is 5.73. The molecule has 0 spiro atoms. The van der Waals surface area contributed by atoms with Gasteiger partial charge in [-0.3, -0.25) is 4.90 Å². The number of nitriles is 1. The molecule has 21 heavy (non-hydrogen) atoms. The van der Waals surface area contributed by atoms with Gasteiger partial charge in [0, 0.05) is 18.0 Å². The third kappa shape index (κ3) is 4.85. The minimum atomic E-state index is 0.442. The van der Waals surface area contributed by atoms with Gasteiger partial charge in [-0.15, -0.1) is 11.3 Å². The maximum Gasteiger partial charge on any atom is 0.119 e. The van der Waals surface area contributed by atoms with Gasteiger partial charge in [0.15, 0.2) is 0 Å². The molecule has 0 radical (unpaired) electrons. The van der Waals surface area contributed by atoms with Gasteiger partial charge in [0.2, 0.25) is 0 Å². The van der Waals surface area contributed by atoms with Crippen LogP contribution in [0.2, 0.25) is 0 Å². The molecular formula is C16H19N3OS. The van der Waals surface area contributed by atoms with Crippen molar-refractivity contribution in [3.63, 3.8) is 0 Å². The lowest BCUT2D eigenvalue weighted by atomic mass is 10.2. The summed E-state index contributed by atoms with van der Waals surface area (Å²) in [7, 11) is 2.08. The standard InChI is InChI=1S/C16H19N3OS/c1-13-16(21-12-18-13)11-19(2)9-10-20-15-5-3-14(4-6-15)7-8-17/h3-6,12H,7,9-11H2,1-2H3. The molecule has 0 aliphatic rings. The first-order valence-corrected chi connectivity index (χ1v) is 7.73. The summed E-state index contributed by atoms with van der Waals surface area (Å²) in [6.07, 6.45) is 0.442. The lowest BCUT2D eigenvalue weighted by Crippen LogP contribution is -2.23. The van der Waals surface area contributed by atoms with E-state index < -0.39 is 0 Å². The SMILES string of the molecule is Cc1ncsc1CN(C)CCOc1ccc(CC#N)cc1. The summed E-state index contributed by atoms with van der Waals surface area (Å²) in [5.74, 6) is 0.846. The molecule has 0 aliphatic heterocycles. The molecule has 0 bridgehead atoms. The number of hydrogen-bond acceptors (Lipinski definition) is 5. The van der Waals surface area contributed by atoms with E-state index in [0.717, 1.165) is 30.1 Å². The first-order chi connectivity index (χ1) is 10.2. The van der Waals surface area contributed by atoms with Crippen LogP contribution in [-0.4, -0.2) is 30.1 Å². The highest BCUT2D eigenvalue weighted by Gasteiger charge is 2.05. The Hall–Kier alpha value is -1.90. The zero-order chi connectivity index (χ0) is 15.1. The van der Waals surface area contributed by atoms with E-state index in [-0.39, 0.29) is 0 Å². The van der Waals surface area contributed by atoms with Crippen molar-refractivity contribution in [3.05, 3.63) is 45.9 Å². The topological polar surface area (TPSA) is 49.2 Å². The molecule has 1 aromatic carbocycles. The lowest BCUT2D eigenvalue weighted by molar-refractivity contribution is 0.233. The first kappa shape index (κ1) is 15.5. The van der Waals surface area contributed by atoms with Crippen LogP contribution in [0.4, 0.5) is 0 Å². The molecule has 0 saturated carbocycles. The van der Waals surface area contributed by atoms with Gasteiger partial charge in [-0.25, -0.2) is 4.98 Å². The van der Waals surface area contributed by atoms with Gasteiger partial charge in [-0.05, 0) is 31.7 Å². The van der Waals surface area contributed by atoms with E-state index in [4.69, 9.17) is 10.00 Å². The Morgan fingerprint density at radius 1 is 1.33 bits per heavy atom. The van der Waals surface area contributed by atoms with Crippen molar-refractivity contribution in [2.24, 2.45) is 0 Å². The van der Waals surface area contributed by atoms with Gasteiger partial charge < -0.3 is 4.74 Å². The second-order valence-corrected chi connectivity index (χ2v) is 5.87. The summed E-state index contributed by atoms with van der Waals surface area (Å²) >= 11 is 1.69. The Morgan fingerprint density at radius 2 is 2.10 bits per heavy atom. The first-order valence-electron chi connectivity index (χ1n) is 6.85. The summed E-state index contributed by atoms with van der Waals surface area (Å²) in [4.78, 5) is 7.79. The van der Waals surface area contributed by atoms with Gasteiger partial charge >= 0.3 is 0 Å². The molecular weight excluding hydrogens is 282 g/mol. The van der Waals surface area contributed by atoms with Crippen LogP contribution in [-0.2, 0) is 13.0 Å². The zero-order valence-corrected chi connectivity index (χ0v) is 13.2. The van der Waals surface area contributed by atoms with Crippen LogP contribution in [0.25, 0.3) is 0 Å². The molecule has 0 N–H and O–H groups in total. The fraction of sp³-hybridized carbons (Fsp3) is 0.375. The molecule has 0 aliphatic carbocycles. The van der Waals surface area contributed by atoms with Gasteiger partial charge in [0.05, 0.1) is 23.7 Å². The number of likely N-dealkylation sites (N-methyl/N-ethyl adjacent to an activating group) is 1. The molecule has 1 aromatic heterocycles. The predicted octanol–water partition coefficient (Wildman–Crippen LogP) is 3.03. The van der Waals surface area contributed by atoms with Gasteiger partial charge in [0.1, 0.15) is 12.4 Å². The average Bonchev–Trinajstić information content (AvgIpc) is 2.86. The van der Waals surface area contributed by atoms with E-state index >= 15 is 0 Å². The quantitative estimate of drug-likeness (QED) is 0.789. The van der Waals surface area contributed by atoms with Crippen molar-refractivity contribution in [1.29, 1.82) is 5.26 Å². The molecule has 2 aromatic rings. The van der Waals surface area contributed by atoms with Crippen LogP contribution < -0.4 is 4.74 Å². The van der Waals surface area contributed by atoms with Crippen LogP contribution >= 0.6 is 11.3 Å². The maximum absolute atomic E-state index is 8.63. The molecule has 0 unspecified atom stereocenters. The number of hydrogen-bond donors (Lipinski definition) is 0. The number of aromatic nitrogens is 1. The Bertz CT molecular complexity index is 601. The maximum atomic E-state index is 8.63. The van der Waals surface area contributed by atoms with Crippen molar-refractivity contribution < 1.29 is 4.74 Å². The number of thiazole rings is 1. The van der Waals surface area contributed by atoms with E-state index in [1.807, 2.05) is 36.7 Å². The fourth-order valence-corrected chi connectivity index (χ4v) is 2.77. The van der Waals surface area contributed by atoms with Crippen molar-refractivity contribution in [2.45, 2.75) is 19.9 Å². The van der Waals surface area contributed by atoms with E-state index in [0.29, 0.717) is 13.0 Å². The number of benzene rings is 1. The number of nitrogens with zero attached hydrogens (tertiary/aromatic N) is 3. The summed E-state index contributed by atoms with van der Waals surface area (Å²) < 4.78 is 5.72.